The van der Waals surface area contributed by atoms with Gasteiger partial charge in [-0.2, -0.15) is 0 Å². The van der Waals surface area contributed by atoms with E-state index in [2.05, 4.69) is 21.8 Å². The third kappa shape index (κ3) is 3.88. The number of fused-ring (bicyclic) bond motifs is 6. The van der Waals surface area contributed by atoms with Crippen LogP contribution in [-0.4, -0.2) is 63.6 Å². The summed E-state index contributed by atoms with van der Waals surface area (Å²) in [5.41, 5.74) is -0.499. The second kappa shape index (κ2) is 9.17. The van der Waals surface area contributed by atoms with Crippen LogP contribution in [0.2, 0.25) is 0 Å². The Labute approximate surface area is 229 Å². The van der Waals surface area contributed by atoms with Crippen LogP contribution in [0.5, 0.6) is 0 Å². The molecule has 2 aromatic heterocycles. The number of H-pyrrole nitrogens is 1. The van der Waals surface area contributed by atoms with Gasteiger partial charge in [-0.3, -0.25) is 19.5 Å². The van der Waals surface area contributed by atoms with Gasteiger partial charge in [0, 0.05) is 22.7 Å². The number of carbonyl (C=O) groups is 3. The molecular weight excluding hydrogens is 518 g/mol. The number of hydrogen-bond donors (Lipinski definition) is 2. The number of benzene rings is 1. The van der Waals surface area contributed by atoms with Gasteiger partial charge in [0.15, 0.2) is 5.60 Å². The van der Waals surface area contributed by atoms with E-state index in [4.69, 9.17) is 18.9 Å². The molecule has 3 aliphatic heterocycles. The zero-order valence-corrected chi connectivity index (χ0v) is 22.3. The molecule has 1 spiro atoms. The first-order valence-electron chi connectivity index (χ1n) is 13.1. The highest BCUT2D eigenvalue weighted by Gasteiger charge is 2.65. The molecule has 5 heterocycles. The maximum Gasteiger partial charge on any atom is 0.466 e. The van der Waals surface area contributed by atoms with Crippen LogP contribution in [-0.2, 0) is 38.9 Å². The van der Waals surface area contributed by atoms with Crippen molar-refractivity contribution in [3.63, 3.8) is 0 Å². The topological polar surface area (TPSA) is 140 Å². The maximum absolute atomic E-state index is 13.1. The Kier molecular flexibility index (Phi) is 5.97. The van der Waals surface area contributed by atoms with Gasteiger partial charge in [-0.15, -0.1) is 0 Å². The summed E-state index contributed by atoms with van der Waals surface area (Å²) in [6.45, 7) is 2.06. The molecule has 0 amide bonds. The van der Waals surface area contributed by atoms with Gasteiger partial charge in [-0.25, -0.2) is 4.79 Å². The predicted molar refractivity (Wildman–Crippen MR) is 140 cm³/mol. The molecule has 3 aromatic rings. The van der Waals surface area contributed by atoms with Crippen molar-refractivity contribution in [1.29, 1.82) is 0 Å². The van der Waals surface area contributed by atoms with Crippen molar-refractivity contribution in [2.24, 2.45) is 0 Å². The molecule has 2 fully saturated rings. The average Bonchev–Trinajstić information content (AvgIpc) is 3.28. The molecule has 11 heteroatoms. The van der Waals surface area contributed by atoms with Gasteiger partial charge >= 0.3 is 23.9 Å². The molecular formula is C29H29N3O8. The number of aromatic amines is 1. The zero-order valence-electron chi connectivity index (χ0n) is 22.3. The molecule has 2 saturated heterocycles. The molecule has 1 aromatic carbocycles. The zero-order chi connectivity index (χ0) is 28.3. The molecule has 6 rings (SSSR count). The monoisotopic (exact) mass is 547 g/mol. The molecule has 0 aliphatic carbocycles. The molecule has 4 atom stereocenters. The smallest absolute Gasteiger partial charge is 0.444 e. The van der Waals surface area contributed by atoms with Crippen LogP contribution in [0.1, 0.15) is 55.7 Å². The number of esters is 3. The van der Waals surface area contributed by atoms with Crippen LogP contribution in [0.15, 0.2) is 54.7 Å². The maximum atomic E-state index is 13.1. The number of carbonyl (C=O) groups excluding carboxylic acids is 3. The van der Waals surface area contributed by atoms with Crippen molar-refractivity contribution in [2.45, 2.75) is 55.8 Å². The Bertz CT molecular complexity index is 1550. The molecule has 11 nitrogen and oxygen atoms in total. The summed E-state index contributed by atoms with van der Waals surface area (Å²) < 4.78 is 23.2. The van der Waals surface area contributed by atoms with E-state index in [0.29, 0.717) is 35.0 Å². The van der Waals surface area contributed by atoms with Gasteiger partial charge in [0.25, 0.3) is 0 Å². The second-order valence-corrected chi connectivity index (χ2v) is 10.6. The van der Waals surface area contributed by atoms with Gasteiger partial charge in [0.05, 0.1) is 29.8 Å². The second-order valence-electron chi connectivity index (χ2n) is 10.6. The Morgan fingerprint density at radius 3 is 2.55 bits per heavy atom. The van der Waals surface area contributed by atoms with Crippen molar-refractivity contribution in [3.05, 3.63) is 71.7 Å². The molecule has 2 bridgehead atoms. The first-order valence-corrected chi connectivity index (χ1v) is 13.1. The lowest BCUT2D eigenvalue weighted by Gasteiger charge is -2.42. The first kappa shape index (κ1) is 26.0. The molecule has 2 N–H and O–H groups in total. The third-order valence-electron chi connectivity index (χ3n) is 8.03. The number of nitrogens with one attached hydrogen (secondary N) is 1. The van der Waals surface area contributed by atoms with E-state index in [0.717, 1.165) is 5.69 Å². The standard InChI is InChI=1S/C29H29N3O8/c1-4-27(32(2)3,20-11-7-8-14-30-20)13-12-19-24-23(17-9-5-6-10-18(17)31-24)25-29(38-19)39-22(34)16-28(36,26(35)40-29)15-21(33)37-25/h5-12,14,25,31,36H,4,13,15-16H2,1-3H3/b19-12+. The Hall–Kier alpha value is -4.22. The van der Waals surface area contributed by atoms with Crippen molar-refractivity contribution in [2.75, 3.05) is 14.1 Å². The van der Waals surface area contributed by atoms with Gasteiger partial charge in [0.2, 0.25) is 6.10 Å². The summed E-state index contributed by atoms with van der Waals surface area (Å²) >= 11 is 0. The highest BCUT2D eigenvalue weighted by Crippen LogP contribution is 2.52. The van der Waals surface area contributed by atoms with E-state index in [-0.39, 0.29) is 5.76 Å². The lowest BCUT2D eigenvalue weighted by Crippen LogP contribution is -2.54. The van der Waals surface area contributed by atoms with Crippen LogP contribution in [0.4, 0.5) is 0 Å². The molecule has 0 saturated carbocycles. The number of aromatic nitrogens is 2. The number of rotatable bonds is 5. The third-order valence-corrected chi connectivity index (χ3v) is 8.03. The Balaban J connectivity index is 1.55. The highest BCUT2D eigenvalue weighted by atomic mass is 16.9. The summed E-state index contributed by atoms with van der Waals surface area (Å²) in [5.74, 6) is -5.32. The van der Waals surface area contributed by atoms with Crippen molar-refractivity contribution in [3.8, 4) is 0 Å². The van der Waals surface area contributed by atoms with E-state index in [1.165, 1.54) is 0 Å². The SMILES string of the molecule is CCC(C/C=C1/OC23OC(=O)CC(O)(CC(=O)OC2c2c1[nH]c1ccccc21)C(=O)O3)(c1ccccn1)N(C)C. The fraction of sp³-hybridized carbons (Fsp3) is 0.379. The highest BCUT2D eigenvalue weighted by molar-refractivity contribution is 5.94. The van der Waals surface area contributed by atoms with E-state index >= 15 is 0 Å². The Morgan fingerprint density at radius 2 is 1.82 bits per heavy atom. The van der Waals surface area contributed by atoms with Crippen molar-refractivity contribution in [1.82, 2.24) is 14.9 Å². The quantitative estimate of drug-likeness (QED) is 0.458. The molecule has 4 unspecified atom stereocenters. The predicted octanol–water partition coefficient (Wildman–Crippen LogP) is 3.05. The minimum absolute atomic E-state index is 0.223. The normalized spacial score (nSPS) is 28.4. The first-order chi connectivity index (χ1) is 19.1. The number of nitrogens with zero attached hydrogens (tertiary/aromatic N) is 2. The van der Waals surface area contributed by atoms with Crippen molar-refractivity contribution >= 4 is 34.6 Å². The summed E-state index contributed by atoms with van der Waals surface area (Å²) in [7, 11) is 3.93. The van der Waals surface area contributed by atoms with Gasteiger partial charge < -0.3 is 29.0 Å². The Morgan fingerprint density at radius 1 is 1.07 bits per heavy atom. The van der Waals surface area contributed by atoms with Gasteiger partial charge in [-0.05, 0) is 51.2 Å². The molecule has 208 valence electrons. The largest absolute Gasteiger partial charge is 0.466 e. The minimum Gasteiger partial charge on any atom is -0.444 e. The van der Waals surface area contributed by atoms with E-state index in [1.807, 2.05) is 62.6 Å². The summed E-state index contributed by atoms with van der Waals surface area (Å²) in [4.78, 5) is 49.0. The van der Waals surface area contributed by atoms with Crippen LogP contribution in [0.25, 0.3) is 16.7 Å². The molecule has 40 heavy (non-hydrogen) atoms. The molecule has 3 aliphatic rings. The number of pyridine rings is 1. The number of aliphatic hydroxyl groups is 1. The molecule has 0 radical (unpaired) electrons. The summed E-state index contributed by atoms with van der Waals surface area (Å²) in [6, 6.07) is 13.0. The van der Waals surface area contributed by atoms with E-state index in [1.54, 1.807) is 6.20 Å². The van der Waals surface area contributed by atoms with Gasteiger partial charge in [-0.1, -0.05) is 31.2 Å². The lowest BCUT2D eigenvalue weighted by atomic mass is 9.85. The fourth-order valence-electron chi connectivity index (χ4n) is 5.84. The summed E-state index contributed by atoms with van der Waals surface area (Å²) in [6.07, 6.45) is 1.67. The van der Waals surface area contributed by atoms with Crippen LogP contribution >= 0.6 is 0 Å². The van der Waals surface area contributed by atoms with Crippen molar-refractivity contribution < 1.29 is 38.4 Å². The summed E-state index contributed by atoms with van der Waals surface area (Å²) in [5, 5.41) is 11.5. The van der Waals surface area contributed by atoms with Crippen LogP contribution < -0.4 is 0 Å². The van der Waals surface area contributed by atoms with Crippen LogP contribution in [0.3, 0.4) is 0 Å². The van der Waals surface area contributed by atoms with E-state index < -0.39 is 54.0 Å². The minimum atomic E-state index is -2.48. The fourth-order valence-corrected chi connectivity index (χ4v) is 5.84. The van der Waals surface area contributed by atoms with Crippen LogP contribution in [0, 0.1) is 0 Å². The number of ether oxygens (including phenoxy) is 4. The lowest BCUT2D eigenvalue weighted by molar-refractivity contribution is -0.364. The number of hydrogen-bond acceptors (Lipinski definition) is 10. The number of para-hydroxylation sites is 1. The van der Waals surface area contributed by atoms with E-state index in [9.17, 15) is 19.5 Å². The average molecular weight is 548 g/mol. The van der Waals surface area contributed by atoms with Gasteiger partial charge in [0.1, 0.15) is 5.76 Å².